The Bertz CT molecular complexity index is 315. The fourth-order valence-electron chi connectivity index (χ4n) is 2.51. The third-order valence-electron chi connectivity index (χ3n) is 3.83. The molecule has 0 radical (unpaired) electrons. The van der Waals surface area contributed by atoms with E-state index in [2.05, 4.69) is 19.0 Å². The van der Waals surface area contributed by atoms with E-state index in [0.29, 0.717) is 18.3 Å². The molecule has 5 nitrogen and oxygen atoms in total. The molecule has 1 saturated heterocycles. The Balaban J connectivity index is 2.67. The number of likely N-dealkylation sites (tertiary alicyclic amines) is 1. The molecule has 3 N–H and O–H groups in total. The lowest BCUT2D eigenvalue weighted by Crippen LogP contribution is -2.41. The smallest absolute Gasteiger partial charge is 0.233 e. The van der Waals surface area contributed by atoms with Gasteiger partial charge < -0.3 is 15.8 Å². The number of carbonyl (C=O) groups excluding carboxylic acids is 1. The molecule has 18 heavy (non-hydrogen) atoms. The number of amidine groups is 1. The van der Waals surface area contributed by atoms with Crippen molar-refractivity contribution >= 4 is 11.7 Å². The van der Waals surface area contributed by atoms with Gasteiger partial charge in [-0.15, -0.1) is 0 Å². The molecule has 1 aliphatic heterocycles. The Morgan fingerprint density at radius 3 is 2.67 bits per heavy atom. The average Bonchev–Trinajstić information content (AvgIpc) is 2.84. The van der Waals surface area contributed by atoms with Crippen LogP contribution in [0.4, 0.5) is 0 Å². The topological polar surface area (TPSA) is 78.9 Å². The monoisotopic (exact) mass is 255 g/mol. The van der Waals surface area contributed by atoms with Crippen LogP contribution in [0.25, 0.3) is 0 Å². The van der Waals surface area contributed by atoms with E-state index in [0.717, 1.165) is 25.9 Å². The van der Waals surface area contributed by atoms with Crippen molar-refractivity contribution < 1.29 is 10.0 Å². The van der Waals surface area contributed by atoms with Crippen LogP contribution in [0.2, 0.25) is 0 Å². The molecule has 0 saturated carbocycles. The SMILES string of the molecule is CCCC(C(=O)N1CCC(C(C)C)C1)C(N)=NO. The van der Waals surface area contributed by atoms with Crippen LogP contribution < -0.4 is 5.73 Å². The molecule has 0 bridgehead atoms. The Morgan fingerprint density at radius 2 is 2.22 bits per heavy atom. The molecule has 0 aromatic carbocycles. The van der Waals surface area contributed by atoms with Gasteiger partial charge in [-0.05, 0) is 24.7 Å². The van der Waals surface area contributed by atoms with Crippen molar-refractivity contribution in [2.24, 2.45) is 28.6 Å². The summed E-state index contributed by atoms with van der Waals surface area (Å²) in [5, 5.41) is 11.8. The maximum atomic E-state index is 12.4. The van der Waals surface area contributed by atoms with E-state index in [9.17, 15) is 4.79 Å². The van der Waals surface area contributed by atoms with Crippen molar-refractivity contribution in [1.29, 1.82) is 0 Å². The zero-order valence-corrected chi connectivity index (χ0v) is 11.6. The van der Waals surface area contributed by atoms with Gasteiger partial charge in [0.05, 0.1) is 5.92 Å². The highest BCUT2D eigenvalue weighted by atomic mass is 16.4. The van der Waals surface area contributed by atoms with E-state index in [1.165, 1.54) is 0 Å². The van der Waals surface area contributed by atoms with Crippen LogP contribution >= 0.6 is 0 Å². The van der Waals surface area contributed by atoms with E-state index >= 15 is 0 Å². The summed E-state index contributed by atoms with van der Waals surface area (Å²) in [6.45, 7) is 7.96. The number of rotatable bonds is 5. The zero-order valence-electron chi connectivity index (χ0n) is 11.6. The minimum Gasteiger partial charge on any atom is -0.409 e. The number of hydrogen-bond donors (Lipinski definition) is 2. The first-order chi connectivity index (χ1) is 8.51. The van der Waals surface area contributed by atoms with E-state index in [1.54, 1.807) is 0 Å². The van der Waals surface area contributed by atoms with Crippen molar-refractivity contribution in [1.82, 2.24) is 4.90 Å². The van der Waals surface area contributed by atoms with Crippen LogP contribution in [-0.4, -0.2) is 34.9 Å². The van der Waals surface area contributed by atoms with Gasteiger partial charge in [-0.1, -0.05) is 32.3 Å². The van der Waals surface area contributed by atoms with Gasteiger partial charge in [0.25, 0.3) is 0 Å². The molecule has 1 rings (SSSR count). The van der Waals surface area contributed by atoms with Crippen LogP contribution in [0, 0.1) is 17.8 Å². The summed E-state index contributed by atoms with van der Waals surface area (Å²) < 4.78 is 0. The highest BCUT2D eigenvalue weighted by molar-refractivity contribution is 6.02. The Labute approximate surface area is 109 Å². The Morgan fingerprint density at radius 1 is 1.56 bits per heavy atom. The highest BCUT2D eigenvalue weighted by Gasteiger charge is 2.33. The lowest BCUT2D eigenvalue weighted by Gasteiger charge is -2.23. The van der Waals surface area contributed by atoms with Gasteiger partial charge in [0, 0.05) is 13.1 Å². The largest absolute Gasteiger partial charge is 0.409 e. The summed E-state index contributed by atoms with van der Waals surface area (Å²) >= 11 is 0. The second-order valence-corrected chi connectivity index (χ2v) is 5.44. The third kappa shape index (κ3) is 3.37. The van der Waals surface area contributed by atoms with Crippen molar-refractivity contribution in [3.05, 3.63) is 0 Å². The minimum atomic E-state index is -0.467. The first kappa shape index (κ1) is 14.8. The maximum Gasteiger partial charge on any atom is 0.233 e. The zero-order chi connectivity index (χ0) is 13.7. The molecule has 104 valence electrons. The van der Waals surface area contributed by atoms with E-state index < -0.39 is 5.92 Å². The number of carbonyl (C=O) groups is 1. The van der Waals surface area contributed by atoms with Gasteiger partial charge in [0.2, 0.25) is 5.91 Å². The normalized spacial score (nSPS) is 22.6. The van der Waals surface area contributed by atoms with Gasteiger partial charge in [0.1, 0.15) is 0 Å². The molecule has 1 fully saturated rings. The minimum absolute atomic E-state index is 0.00954. The van der Waals surface area contributed by atoms with Crippen molar-refractivity contribution in [2.75, 3.05) is 13.1 Å². The third-order valence-corrected chi connectivity index (χ3v) is 3.83. The molecular formula is C13H25N3O2. The maximum absolute atomic E-state index is 12.4. The lowest BCUT2D eigenvalue weighted by atomic mass is 9.95. The second kappa shape index (κ2) is 6.61. The number of hydrogen-bond acceptors (Lipinski definition) is 3. The summed E-state index contributed by atoms with van der Waals surface area (Å²) in [7, 11) is 0. The van der Waals surface area contributed by atoms with Crippen molar-refractivity contribution in [3.8, 4) is 0 Å². The van der Waals surface area contributed by atoms with Crippen molar-refractivity contribution in [3.63, 3.8) is 0 Å². The van der Waals surface area contributed by atoms with E-state index in [1.807, 2.05) is 11.8 Å². The molecule has 0 aliphatic carbocycles. The fraction of sp³-hybridized carbons (Fsp3) is 0.846. The summed E-state index contributed by atoms with van der Waals surface area (Å²) in [5.74, 6) is 0.746. The Hall–Kier alpha value is -1.26. The van der Waals surface area contributed by atoms with Crippen LogP contribution in [-0.2, 0) is 4.79 Å². The van der Waals surface area contributed by atoms with Crippen molar-refractivity contribution in [2.45, 2.75) is 40.0 Å². The fourth-order valence-corrected chi connectivity index (χ4v) is 2.51. The Kier molecular flexibility index (Phi) is 5.44. The molecule has 0 spiro atoms. The molecule has 0 aromatic heterocycles. The van der Waals surface area contributed by atoms with Gasteiger partial charge in [-0.25, -0.2) is 0 Å². The molecule has 2 atom stereocenters. The summed E-state index contributed by atoms with van der Waals surface area (Å²) in [6.07, 6.45) is 2.53. The van der Waals surface area contributed by atoms with Gasteiger partial charge in [0.15, 0.2) is 5.84 Å². The van der Waals surface area contributed by atoms with E-state index in [-0.39, 0.29) is 11.7 Å². The molecule has 2 unspecified atom stereocenters. The molecule has 1 amide bonds. The first-order valence-electron chi connectivity index (χ1n) is 6.77. The summed E-state index contributed by atoms with van der Waals surface area (Å²) in [4.78, 5) is 14.2. The predicted octanol–water partition coefficient (Wildman–Crippen LogP) is 1.65. The van der Waals surface area contributed by atoms with Crippen LogP contribution in [0.15, 0.2) is 5.16 Å². The van der Waals surface area contributed by atoms with E-state index in [4.69, 9.17) is 10.9 Å². The molecular weight excluding hydrogens is 230 g/mol. The summed E-state index contributed by atoms with van der Waals surface area (Å²) in [6, 6.07) is 0. The predicted molar refractivity (Wildman–Crippen MR) is 71.3 cm³/mol. The number of oxime groups is 1. The first-order valence-corrected chi connectivity index (χ1v) is 6.77. The second-order valence-electron chi connectivity index (χ2n) is 5.44. The number of nitrogens with zero attached hydrogens (tertiary/aromatic N) is 2. The van der Waals surface area contributed by atoms with Crippen LogP contribution in [0.1, 0.15) is 40.0 Å². The quantitative estimate of drug-likeness (QED) is 0.339. The van der Waals surface area contributed by atoms with Gasteiger partial charge in [-0.3, -0.25) is 4.79 Å². The standard InChI is InChI=1S/C13H25N3O2/c1-4-5-11(12(14)15-18)13(17)16-7-6-10(8-16)9(2)3/h9-11,18H,4-8H2,1-3H3,(H2,14,15). The highest BCUT2D eigenvalue weighted by Crippen LogP contribution is 2.25. The number of nitrogens with two attached hydrogens (primary N) is 1. The average molecular weight is 255 g/mol. The van der Waals surface area contributed by atoms with Gasteiger partial charge in [-0.2, -0.15) is 0 Å². The summed E-state index contributed by atoms with van der Waals surface area (Å²) in [5.41, 5.74) is 5.62. The molecule has 5 heteroatoms. The molecule has 0 aromatic rings. The van der Waals surface area contributed by atoms with Crippen LogP contribution in [0.3, 0.4) is 0 Å². The molecule has 1 heterocycles. The van der Waals surface area contributed by atoms with Gasteiger partial charge >= 0.3 is 0 Å². The van der Waals surface area contributed by atoms with Crippen LogP contribution in [0.5, 0.6) is 0 Å². The molecule has 1 aliphatic rings. The number of amides is 1. The lowest BCUT2D eigenvalue weighted by molar-refractivity contribution is -0.132.